The van der Waals surface area contributed by atoms with Gasteiger partial charge in [0.2, 0.25) is 5.91 Å². The van der Waals surface area contributed by atoms with Crippen molar-refractivity contribution in [3.63, 3.8) is 0 Å². The van der Waals surface area contributed by atoms with Crippen LogP contribution in [0.25, 0.3) is 0 Å². The number of ether oxygens (including phenoxy) is 1. The third-order valence-corrected chi connectivity index (χ3v) is 6.28. The Morgan fingerprint density at radius 1 is 1.00 bits per heavy atom. The number of methoxy groups -OCH3 is 1. The highest BCUT2D eigenvalue weighted by Crippen LogP contribution is 2.36. The number of amides is 1. The molecule has 4 rings (SSSR count). The minimum Gasteiger partial charge on any atom is -0.496 e. The zero-order valence-corrected chi connectivity index (χ0v) is 17.8. The van der Waals surface area contributed by atoms with Crippen LogP contribution in [0.5, 0.6) is 5.75 Å². The van der Waals surface area contributed by atoms with Crippen LogP contribution in [0.15, 0.2) is 36.4 Å². The molecule has 160 valence electrons. The van der Waals surface area contributed by atoms with Gasteiger partial charge in [-0.3, -0.25) is 4.79 Å². The van der Waals surface area contributed by atoms with Gasteiger partial charge in [-0.1, -0.05) is 12.1 Å². The van der Waals surface area contributed by atoms with E-state index in [1.807, 2.05) is 17.0 Å². The van der Waals surface area contributed by atoms with Crippen molar-refractivity contribution in [2.45, 2.75) is 19.0 Å². The Bertz CT molecular complexity index is 907. The third-order valence-electron chi connectivity index (χ3n) is 6.28. The molecule has 1 saturated heterocycles. The smallest absolute Gasteiger partial charge is 0.244 e. The molecule has 1 amide bonds. The van der Waals surface area contributed by atoms with E-state index in [9.17, 15) is 4.79 Å². The number of nitrogens with zero attached hydrogens (tertiary/aromatic N) is 3. The summed E-state index contributed by atoms with van der Waals surface area (Å²) < 4.78 is 5.63. The van der Waals surface area contributed by atoms with Crippen molar-refractivity contribution in [3.05, 3.63) is 53.1 Å². The van der Waals surface area contributed by atoms with E-state index >= 15 is 0 Å². The van der Waals surface area contributed by atoms with E-state index in [0.29, 0.717) is 18.8 Å². The van der Waals surface area contributed by atoms with Crippen LogP contribution in [-0.4, -0.2) is 62.6 Å². The molecule has 2 heterocycles. The molecule has 1 atom stereocenters. The molecule has 0 radical (unpaired) electrons. The van der Waals surface area contributed by atoms with Crippen LogP contribution in [-0.2, 0) is 17.8 Å². The molecule has 2 aliphatic rings. The van der Waals surface area contributed by atoms with Gasteiger partial charge in [-0.15, -0.1) is 0 Å². The Balaban J connectivity index is 1.59. The Kier molecular flexibility index (Phi) is 5.83. The summed E-state index contributed by atoms with van der Waals surface area (Å²) in [5, 5.41) is 0. The van der Waals surface area contributed by atoms with Gasteiger partial charge in [0, 0.05) is 61.8 Å². The molecule has 4 N–H and O–H groups in total. The second kappa shape index (κ2) is 8.53. The maximum absolute atomic E-state index is 13.2. The standard InChI is InChI=1S/C23H31N5O2/c1-26-11-13-27(14-12-26)20-7-8-21(30-2)18-9-10-28(15-19(18)20)23(29)22(25)16-3-5-17(24)6-4-16/h3-8,22H,9-15,24-25H2,1-2H3. The van der Waals surface area contributed by atoms with Crippen LogP contribution in [0.2, 0.25) is 0 Å². The van der Waals surface area contributed by atoms with E-state index in [0.717, 1.165) is 43.9 Å². The number of rotatable bonds is 4. The average molecular weight is 410 g/mol. The number of hydrogen-bond donors (Lipinski definition) is 2. The average Bonchev–Trinajstić information content (AvgIpc) is 2.78. The van der Waals surface area contributed by atoms with Crippen LogP contribution < -0.4 is 21.1 Å². The topological polar surface area (TPSA) is 88.1 Å². The van der Waals surface area contributed by atoms with E-state index in [1.165, 1.54) is 16.8 Å². The molecule has 0 aromatic heterocycles. The number of anilines is 2. The van der Waals surface area contributed by atoms with Crippen molar-refractivity contribution >= 4 is 17.3 Å². The van der Waals surface area contributed by atoms with Gasteiger partial charge in [0.05, 0.1) is 7.11 Å². The highest BCUT2D eigenvalue weighted by molar-refractivity contribution is 5.84. The number of hydrogen-bond acceptors (Lipinski definition) is 6. The Morgan fingerprint density at radius 3 is 2.37 bits per heavy atom. The number of nitrogen functional groups attached to an aromatic ring is 1. The van der Waals surface area contributed by atoms with Gasteiger partial charge >= 0.3 is 0 Å². The number of likely N-dealkylation sites (N-methyl/N-ethyl adjacent to an activating group) is 1. The number of nitrogens with two attached hydrogens (primary N) is 2. The summed E-state index contributed by atoms with van der Waals surface area (Å²) in [6.07, 6.45) is 0.764. The lowest BCUT2D eigenvalue weighted by molar-refractivity contribution is -0.133. The molecule has 2 aliphatic heterocycles. The third kappa shape index (κ3) is 3.95. The number of benzene rings is 2. The van der Waals surface area contributed by atoms with Crippen molar-refractivity contribution in [1.82, 2.24) is 9.80 Å². The van der Waals surface area contributed by atoms with E-state index < -0.39 is 6.04 Å². The first kappa shape index (κ1) is 20.5. The molecule has 1 fully saturated rings. The highest BCUT2D eigenvalue weighted by atomic mass is 16.5. The van der Waals surface area contributed by atoms with Crippen LogP contribution >= 0.6 is 0 Å². The van der Waals surface area contributed by atoms with Crippen molar-refractivity contribution in [2.24, 2.45) is 5.73 Å². The number of piperazine rings is 1. The first-order valence-corrected chi connectivity index (χ1v) is 10.5. The quantitative estimate of drug-likeness (QED) is 0.746. The molecule has 7 nitrogen and oxygen atoms in total. The molecule has 1 unspecified atom stereocenters. The lowest BCUT2D eigenvalue weighted by Crippen LogP contribution is -2.46. The van der Waals surface area contributed by atoms with Crippen LogP contribution in [0.3, 0.4) is 0 Å². The monoisotopic (exact) mass is 409 g/mol. The SMILES string of the molecule is COc1ccc(N2CCN(C)CC2)c2c1CCN(C(=O)C(N)c1ccc(N)cc1)C2. The van der Waals surface area contributed by atoms with E-state index in [-0.39, 0.29) is 5.91 Å². The predicted octanol–water partition coefficient (Wildman–Crippen LogP) is 1.61. The van der Waals surface area contributed by atoms with Crippen molar-refractivity contribution in [1.29, 1.82) is 0 Å². The highest BCUT2D eigenvalue weighted by Gasteiger charge is 2.30. The summed E-state index contributed by atoms with van der Waals surface area (Å²) in [5.41, 5.74) is 17.1. The molecule has 0 spiro atoms. The fraction of sp³-hybridized carbons (Fsp3) is 0.435. The summed E-state index contributed by atoms with van der Waals surface area (Å²) in [7, 11) is 3.86. The van der Waals surface area contributed by atoms with Gasteiger partial charge in [-0.05, 0) is 43.3 Å². The largest absolute Gasteiger partial charge is 0.496 e. The molecular weight excluding hydrogens is 378 g/mol. The van der Waals surface area contributed by atoms with E-state index in [1.54, 1.807) is 19.2 Å². The van der Waals surface area contributed by atoms with Crippen LogP contribution in [0, 0.1) is 0 Å². The van der Waals surface area contributed by atoms with Gasteiger partial charge in [-0.2, -0.15) is 0 Å². The van der Waals surface area contributed by atoms with Crippen molar-refractivity contribution in [2.75, 3.05) is 57.5 Å². The normalized spacial score (nSPS) is 18.1. The molecule has 0 bridgehead atoms. The zero-order valence-electron chi connectivity index (χ0n) is 17.8. The molecule has 7 heteroatoms. The second-order valence-electron chi connectivity index (χ2n) is 8.19. The molecule has 0 saturated carbocycles. The Labute approximate surface area is 178 Å². The maximum atomic E-state index is 13.2. The minimum absolute atomic E-state index is 0.0578. The molecule has 30 heavy (non-hydrogen) atoms. The van der Waals surface area contributed by atoms with Crippen molar-refractivity contribution < 1.29 is 9.53 Å². The lowest BCUT2D eigenvalue weighted by Gasteiger charge is -2.38. The second-order valence-corrected chi connectivity index (χ2v) is 8.19. The lowest BCUT2D eigenvalue weighted by atomic mass is 9.94. The Morgan fingerprint density at radius 2 is 1.70 bits per heavy atom. The predicted molar refractivity (Wildman–Crippen MR) is 120 cm³/mol. The minimum atomic E-state index is -0.690. The number of carbonyl (C=O) groups excluding carboxylic acids is 1. The fourth-order valence-corrected chi connectivity index (χ4v) is 4.39. The summed E-state index contributed by atoms with van der Waals surface area (Å²) >= 11 is 0. The van der Waals surface area contributed by atoms with Gasteiger partial charge < -0.3 is 30.9 Å². The van der Waals surface area contributed by atoms with Crippen molar-refractivity contribution in [3.8, 4) is 5.75 Å². The van der Waals surface area contributed by atoms with Gasteiger partial charge in [0.1, 0.15) is 11.8 Å². The Hall–Kier alpha value is -2.77. The van der Waals surface area contributed by atoms with E-state index in [4.69, 9.17) is 16.2 Å². The first-order chi connectivity index (χ1) is 14.5. The van der Waals surface area contributed by atoms with Crippen LogP contribution in [0.1, 0.15) is 22.7 Å². The summed E-state index contributed by atoms with van der Waals surface area (Å²) in [6, 6.07) is 10.7. The molecule has 2 aromatic rings. The summed E-state index contributed by atoms with van der Waals surface area (Å²) in [4.78, 5) is 19.8. The number of fused-ring (bicyclic) bond motifs is 1. The maximum Gasteiger partial charge on any atom is 0.244 e. The van der Waals surface area contributed by atoms with Crippen LogP contribution in [0.4, 0.5) is 11.4 Å². The molecular formula is C23H31N5O2. The zero-order chi connectivity index (χ0) is 21.3. The van der Waals surface area contributed by atoms with E-state index in [2.05, 4.69) is 29.0 Å². The van der Waals surface area contributed by atoms with Gasteiger partial charge in [0.25, 0.3) is 0 Å². The number of carbonyl (C=O) groups is 1. The summed E-state index contributed by atoms with van der Waals surface area (Å²) in [6.45, 7) is 5.21. The molecule has 0 aliphatic carbocycles. The van der Waals surface area contributed by atoms with Gasteiger partial charge in [-0.25, -0.2) is 0 Å². The fourth-order valence-electron chi connectivity index (χ4n) is 4.39. The van der Waals surface area contributed by atoms with Gasteiger partial charge in [0.15, 0.2) is 0 Å². The first-order valence-electron chi connectivity index (χ1n) is 10.5. The summed E-state index contributed by atoms with van der Waals surface area (Å²) in [5.74, 6) is 0.843. The molecule has 2 aromatic carbocycles.